The Morgan fingerprint density at radius 2 is 1.94 bits per heavy atom. The Bertz CT molecular complexity index is 533. The maximum atomic E-state index is 6.04. The fraction of sp³-hybridized carbons (Fsp3) is 0.333. The molecule has 3 atom stereocenters. The van der Waals surface area contributed by atoms with Crippen LogP contribution in [0.25, 0.3) is 0 Å². The third-order valence-electron chi connectivity index (χ3n) is 3.53. The molecule has 1 fully saturated rings. The normalized spacial score (nSPS) is 23.9. The average molecular weight is 260 g/mol. The van der Waals surface area contributed by atoms with E-state index < -0.39 is 0 Å². The SMILES string of the molecule is Cc1c[pH]c([C@@H]2OC[C@H](c3ccccc3)O2)c1C. The van der Waals surface area contributed by atoms with Crippen molar-refractivity contribution < 1.29 is 9.47 Å². The molecule has 0 spiro atoms. The van der Waals surface area contributed by atoms with Gasteiger partial charge in [0.15, 0.2) is 6.29 Å². The quantitative estimate of drug-likeness (QED) is 0.808. The zero-order valence-corrected chi connectivity index (χ0v) is 11.6. The molecule has 3 rings (SSSR count). The highest BCUT2D eigenvalue weighted by atomic mass is 31.0. The second-order valence-corrected chi connectivity index (χ2v) is 5.83. The van der Waals surface area contributed by atoms with E-state index >= 15 is 0 Å². The van der Waals surface area contributed by atoms with E-state index in [0.29, 0.717) is 14.8 Å². The zero-order valence-electron chi connectivity index (χ0n) is 10.6. The summed E-state index contributed by atoms with van der Waals surface area (Å²) in [6.45, 7) is 4.96. The van der Waals surface area contributed by atoms with Gasteiger partial charge in [-0.1, -0.05) is 30.3 Å². The number of ether oxygens (including phenoxy) is 2. The lowest BCUT2D eigenvalue weighted by Crippen LogP contribution is -2.00. The van der Waals surface area contributed by atoms with Gasteiger partial charge in [-0.25, -0.2) is 0 Å². The molecule has 0 bridgehead atoms. The predicted octanol–water partition coefficient (Wildman–Crippen LogP) is 4.12. The molecule has 2 aromatic rings. The molecule has 3 heteroatoms. The molecule has 2 heterocycles. The van der Waals surface area contributed by atoms with E-state index in [-0.39, 0.29) is 12.4 Å². The van der Waals surface area contributed by atoms with Crippen LogP contribution in [-0.4, -0.2) is 6.61 Å². The van der Waals surface area contributed by atoms with Crippen molar-refractivity contribution in [1.29, 1.82) is 0 Å². The number of benzene rings is 1. The fourth-order valence-corrected chi connectivity index (χ4v) is 3.55. The van der Waals surface area contributed by atoms with Gasteiger partial charge in [0.2, 0.25) is 0 Å². The highest BCUT2D eigenvalue weighted by molar-refractivity contribution is 7.30. The second kappa shape index (κ2) is 4.89. The molecule has 2 nitrogen and oxygen atoms in total. The molecule has 0 saturated carbocycles. The molecule has 18 heavy (non-hydrogen) atoms. The lowest BCUT2D eigenvalue weighted by atomic mass is 10.1. The molecular weight excluding hydrogens is 243 g/mol. The van der Waals surface area contributed by atoms with Gasteiger partial charge in [-0.15, -0.1) is 8.19 Å². The Labute approximate surface area is 109 Å². The molecule has 1 aromatic carbocycles. The topological polar surface area (TPSA) is 18.5 Å². The lowest BCUT2D eigenvalue weighted by molar-refractivity contribution is -0.0584. The summed E-state index contributed by atoms with van der Waals surface area (Å²) < 4.78 is 11.9. The minimum absolute atomic E-state index is 0.0715. The maximum absolute atomic E-state index is 6.04. The summed E-state index contributed by atoms with van der Waals surface area (Å²) >= 11 is 0. The summed E-state index contributed by atoms with van der Waals surface area (Å²) in [6, 6.07) is 10.3. The summed E-state index contributed by atoms with van der Waals surface area (Å²) in [4.78, 5) is 0. The smallest absolute Gasteiger partial charge is 0.188 e. The van der Waals surface area contributed by atoms with Gasteiger partial charge in [-0.2, -0.15) is 0 Å². The second-order valence-electron chi connectivity index (χ2n) is 4.71. The van der Waals surface area contributed by atoms with Crippen molar-refractivity contribution in [2.24, 2.45) is 0 Å². The van der Waals surface area contributed by atoms with Crippen LogP contribution in [0.3, 0.4) is 0 Å². The van der Waals surface area contributed by atoms with Crippen LogP contribution in [0.2, 0.25) is 0 Å². The minimum Gasteiger partial charge on any atom is -0.345 e. The summed E-state index contributed by atoms with van der Waals surface area (Å²) in [5.74, 6) is 2.27. The number of aryl methyl sites for hydroxylation is 1. The van der Waals surface area contributed by atoms with Crippen molar-refractivity contribution in [1.82, 2.24) is 0 Å². The predicted molar refractivity (Wildman–Crippen MR) is 74.4 cm³/mol. The number of hydrogen-bond donors (Lipinski definition) is 0. The molecule has 1 unspecified atom stereocenters. The summed E-state index contributed by atoms with van der Waals surface area (Å²) in [7, 11) is 0.709. The van der Waals surface area contributed by atoms with E-state index in [9.17, 15) is 0 Å². The van der Waals surface area contributed by atoms with Crippen LogP contribution in [0, 0.1) is 13.8 Å². The Balaban J connectivity index is 1.78. The first-order valence-electron chi connectivity index (χ1n) is 6.22. The van der Waals surface area contributed by atoms with Crippen molar-refractivity contribution >= 4 is 8.19 Å². The third kappa shape index (κ3) is 2.12. The van der Waals surface area contributed by atoms with Crippen LogP contribution in [-0.2, 0) is 9.47 Å². The molecule has 0 N–H and O–H groups in total. The van der Waals surface area contributed by atoms with Crippen LogP contribution in [0.1, 0.15) is 34.4 Å². The van der Waals surface area contributed by atoms with Crippen LogP contribution < -0.4 is 0 Å². The molecule has 1 saturated heterocycles. The van der Waals surface area contributed by atoms with Crippen molar-refractivity contribution in [2.45, 2.75) is 26.2 Å². The Morgan fingerprint density at radius 1 is 1.17 bits per heavy atom. The first-order chi connectivity index (χ1) is 8.75. The molecular formula is C15H17O2P. The first kappa shape index (κ1) is 12.0. The van der Waals surface area contributed by atoms with E-state index in [0.717, 1.165) is 0 Å². The molecule has 1 aliphatic rings. The Kier molecular flexibility index (Phi) is 3.25. The van der Waals surface area contributed by atoms with Gasteiger partial charge in [0, 0.05) is 5.30 Å². The number of hydrogen-bond acceptors (Lipinski definition) is 2. The van der Waals surface area contributed by atoms with Gasteiger partial charge in [-0.3, -0.25) is 0 Å². The van der Waals surface area contributed by atoms with Gasteiger partial charge >= 0.3 is 0 Å². The average Bonchev–Trinajstić information content (AvgIpc) is 3.00. The largest absolute Gasteiger partial charge is 0.345 e. The summed E-state index contributed by atoms with van der Waals surface area (Å²) in [6.07, 6.45) is -0.0792. The van der Waals surface area contributed by atoms with Gasteiger partial charge in [0.05, 0.1) is 6.61 Å². The molecule has 0 radical (unpaired) electrons. The molecule has 1 aliphatic heterocycles. The van der Waals surface area contributed by atoms with Gasteiger partial charge in [0.1, 0.15) is 6.10 Å². The van der Waals surface area contributed by atoms with Gasteiger partial charge < -0.3 is 9.47 Å². The zero-order chi connectivity index (χ0) is 12.5. The first-order valence-corrected chi connectivity index (χ1v) is 7.30. The Hall–Kier alpha value is -1.08. The molecule has 0 amide bonds. The van der Waals surface area contributed by atoms with E-state index in [1.807, 2.05) is 18.2 Å². The van der Waals surface area contributed by atoms with Crippen LogP contribution in [0.5, 0.6) is 0 Å². The monoisotopic (exact) mass is 260 g/mol. The van der Waals surface area contributed by atoms with Crippen LogP contribution in [0.4, 0.5) is 0 Å². The van der Waals surface area contributed by atoms with Crippen molar-refractivity contribution in [3.63, 3.8) is 0 Å². The van der Waals surface area contributed by atoms with E-state index in [1.54, 1.807) is 0 Å². The van der Waals surface area contributed by atoms with Crippen molar-refractivity contribution in [2.75, 3.05) is 6.61 Å². The fourth-order valence-electron chi connectivity index (χ4n) is 2.26. The standard InChI is InChI=1S/C15H17O2P/c1-10-9-18-14(11(10)2)15-16-8-13(17-15)12-6-4-3-5-7-12/h3-7,9,13,15,18H,8H2,1-2H3/t13-,15-/m1/s1. The molecule has 0 aliphatic carbocycles. The van der Waals surface area contributed by atoms with E-state index in [1.165, 1.54) is 22.0 Å². The highest BCUT2D eigenvalue weighted by Gasteiger charge is 2.29. The highest BCUT2D eigenvalue weighted by Crippen LogP contribution is 2.41. The summed E-state index contributed by atoms with van der Waals surface area (Å²) in [5, 5.41) is 1.31. The van der Waals surface area contributed by atoms with Crippen molar-refractivity contribution in [3.8, 4) is 0 Å². The molecule has 94 valence electrons. The van der Waals surface area contributed by atoms with Crippen LogP contribution >= 0.6 is 8.19 Å². The van der Waals surface area contributed by atoms with Crippen LogP contribution in [0.15, 0.2) is 36.1 Å². The number of rotatable bonds is 2. The summed E-state index contributed by atoms with van der Waals surface area (Å²) in [5.41, 5.74) is 3.90. The third-order valence-corrected chi connectivity index (χ3v) is 5.03. The van der Waals surface area contributed by atoms with Crippen molar-refractivity contribution in [3.05, 3.63) is 58.1 Å². The lowest BCUT2D eigenvalue weighted by Gasteiger charge is -2.12. The van der Waals surface area contributed by atoms with Gasteiger partial charge in [-0.05, 0) is 36.3 Å². The van der Waals surface area contributed by atoms with Gasteiger partial charge in [0.25, 0.3) is 0 Å². The van der Waals surface area contributed by atoms with E-state index in [2.05, 4.69) is 31.8 Å². The van der Waals surface area contributed by atoms with E-state index in [4.69, 9.17) is 9.47 Å². The Morgan fingerprint density at radius 3 is 2.61 bits per heavy atom. The minimum atomic E-state index is -0.151. The molecule has 1 aromatic heterocycles. The maximum Gasteiger partial charge on any atom is 0.188 e.